The van der Waals surface area contributed by atoms with E-state index in [1.54, 1.807) is 11.6 Å². The third-order valence-electron chi connectivity index (χ3n) is 6.58. The van der Waals surface area contributed by atoms with E-state index in [-0.39, 0.29) is 16.5 Å². The summed E-state index contributed by atoms with van der Waals surface area (Å²) >= 11 is -1.96. The molecule has 7 nitrogen and oxygen atoms in total. The quantitative estimate of drug-likeness (QED) is 0.674. The van der Waals surface area contributed by atoms with E-state index in [9.17, 15) is 9.00 Å². The molecule has 2 aromatic rings. The molecule has 0 aromatic carbocycles. The molecule has 168 valence electrons. The summed E-state index contributed by atoms with van der Waals surface area (Å²) in [6.07, 6.45) is 4.02. The first-order chi connectivity index (χ1) is 13.9. The Labute approximate surface area is 181 Å². The first-order valence-corrected chi connectivity index (χ1v) is 11.9. The predicted molar refractivity (Wildman–Crippen MR) is 122 cm³/mol. The number of nitrogens with zero attached hydrogens (tertiary/aromatic N) is 3. The molecule has 0 saturated heterocycles. The number of hydrogen-bond acceptors (Lipinski definition) is 3. The molecule has 8 heteroatoms. The molecule has 0 spiro atoms. The second-order valence-corrected chi connectivity index (χ2v) is 11.4. The van der Waals surface area contributed by atoms with Crippen molar-refractivity contribution < 1.29 is 8.76 Å². The molecule has 0 amide bonds. The molecule has 3 rings (SSSR count). The van der Waals surface area contributed by atoms with Gasteiger partial charge >= 0.3 is 5.69 Å². The summed E-state index contributed by atoms with van der Waals surface area (Å²) in [4.78, 5) is 17.7. The fourth-order valence-electron chi connectivity index (χ4n) is 4.77. The van der Waals surface area contributed by atoms with E-state index in [4.69, 9.17) is 9.54 Å². The van der Waals surface area contributed by atoms with Crippen molar-refractivity contribution >= 4 is 22.4 Å². The first-order valence-electron chi connectivity index (χ1n) is 10.8. The average molecular weight is 437 g/mol. The van der Waals surface area contributed by atoms with Crippen LogP contribution in [0.1, 0.15) is 71.9 Å². The number of hydrogen-bond donors (Lipinski definition) is 2. The van der Waals surface area contributed by atoms with E-state index in [2.05, 4.69) is 51.5 Å². The zero-order valence-electron chi connectivity index (χ0n) is 19.1. The Bertz CT molecular complexity index is 987. The lowest BCUT2D eigenvalue weighted by molar-refractivity contribution is 0.115. The second-order valence-electron chi connectivity index (χ2n) is 10.7. The van der Waals surface area contributed by atoms with E-state index < -0.39 is 11.3 Å². The number of imidazole rings is 1. The summed E-state index contributed by atoms with van der Waals surface area (Å²) in [6, 6.07) is 4.14. The highest BCUT2D eigenvalue weighted by Gasteiger charge is 2.37. The van der Waals surface area contributed by atoms with Crippen LogP contribution in [0.4, 0.5) is 0 Å². The fourth-order valence-corrected chi connectivity index (χ4v) is 5.06. The minimum atomic E-state index is -1.96. The normalized spacial score (nSPS) is 23.0. The number of aryl methyl sites for hydroxylation is 1. The van der Waals surface area contributed by atoms with Gasteiger partial charge in [0.2, 0.25) is 11.3 Å². The van der Waals surface area contributed by atoms with Gasteiger partial charge in [-0.15, -0.1) is 0 Å². The molecule has 3 atom stereocenters. The van der Waals surface area contributed by atoms with Gasteiger partial charge in [-0.25, -0.2) is 18.7 Å². The largest absolute Gasteiger partial charge is 0.330 e. The van der Waals surface area contributed by atoms with Gasteiger partial charge in [-0.05, 0) is 54.6 Å². The van der Waals surface area contributed by atoms with Crippen LogP contribution < -0.4 is 10.4 Å². The molecule has 1 saturated carbocycles. The average Bonchev–Trinajstić information content (AvgIpc) is 2.86. The predicted octanol–water partition coefficient (Wildman–Crippen LogP) is 3.81. The number of fused-ring (bicyclic) bond motifs is 1. The van der Waals surface area contributed by atoms with Crippen molar-refractivity contribution in [1.29, 1.82) is 0 Å². The maximum absolute atomic E-state index is 12.8. The van der Waals surface area contributed by atoms with Crippen LogP contribution in [0.25, 0.3) is 11.2 Å². The van der Waals surface area contributed by atoms with Gasteiger partial charge in [0.05, 0.1) is 5.52 Å². The highest BCUT2D eigenvalue weighted by Crippen LogP contribution is 2.47. The molecule has 30 heavy (non-hydrogen) atoms. The van der Waals surface area contributed by atoms with Crippen LogP contribution in [0.5, 0.6) is 0 Å². The molecule has 1 fully saturated rings. The Hall–Kier alpha value is -1.51. The molecule has 1 aliphatic carbocycles. The lowest BCUT2D eigenvalue weighted by Crippen LogP contribution is -2.34. The third-order valence-corrected chi connectivity index (χ3v) is 7.03. The lowest BCUT2D eigenvalue weighted by Gasteiger charge is -2.42. The summed E-state index contributed by atoms with van der Waals surface area (Å²) in [5.74, 6) is 0.784. The number of aromatic nitrogens is 3. The molecule has 0 radical (unpaired) electrons. The van der Waals surface area contributed by atoms with E-state index in [1.807, 2.05) is 4.57 Å². The lowest BCUT2D eigenvalue weighted by atomic mass is 9.64. The molecule has 3 unspecified atom stereocenters. The Balaban J connectivity index is 1.86. The summed E-state index contributed by atoms with van der Waals surface area (Å²) < 4.78 is 26.0. The van der Waals surface area contributed by atoms with Crippen molar-refractivity contribution in [2.45, 2.75) is 72.8 Å². The zero-order valence-corrected chi connectivity index (χ0v) is 19.9. The third kappa shape index (κ3) is 5.03. The Morgan fingerprint density at radius 1 is 1.33 bits per heavy atom. The van der Waals surface area contributed by atoms with E-state index >= 15 is 0 Å². The molecular formula is C22H36N4O3S. The molecular weight excluding hydrogens is 400 g/mol. The van der Waals surface area contributed by atoms with E-state index in [1.165, 1.54) is 0 Å². The van der Waals surface area contributed by atoms with Crippen LogP contribution in [-0.4, -0.2) is 29.4 Å². The number of pyridine rings is 1. The van der Waals surface area contributed by atoms with Crippen molar-refractivity contribution in [2.75, 3.05) is 6.54 Å². The van der Waals surface area contributed by atoms with Crippen molar-refractivity contribution in [1.82, 2.24) is 18.8 Å². The van der Waals surface area contributed by atoms with Crippen molar-refractivity contribution in [3.63, 3.8) is 0 Å². The van der Waals surface area contributed by atoms with Crippen molar-refractivity contribution in [3.8, 4) is 0 Å². The summed E-state index contributed by atoms with van der Waals surface area (Å²) in [5, 5.41) is 0. The van der Waals surface area contributed by atoms with Crippen molar-refractivity contribution in [2.24, 2.45) is 23.8 Å². The van der Waals surface area contributed by atoms with Gasteiger partial charge in [-0.2, -0.15) is 0 Å². The summed E-state index contributed by atoms with van der Waals surface area (Å²) in [6.45, 7) is 12.2. The SMILES string of the molecule is Cn1c(=O)n(CC(C)(C)C)c2ccc(C3CCC(C)(C)C(CCNS(=O)O)C3)nc21. The Morgan fingerprint density at radius 3 is 2.67 bits per heavy atom. The van der Waals surface area contributed by atoms with Crippen LogP contribution >= 0.6 is 0 Å². The molecule has 2 N–H and O–H groups in total. The minimum Gasteiger partial charge on any atom is -0.294 e. The molecule has 2 aromatic heterocycles. The molecule has 1 aliphatic rings. The van der Waals surface area contributed by atoms with Crippen LogP contribution in [-0.2, 0) is 24.9 Å². The van der Waals surface area contributed by atoms with E-state index in [0.717, 1.165) is 42.5 Å². The molecule has 0 aliphatic heterocycles. The van der Waals surface area contributed by atoms with Gasteiger partial charge in [0.15, 0.2) is 5.65 Å². The van der Waals surface area contributed by atoms with Crippen molar-refractivity contribution in [3.05, 3.63) is 28.3 Å². The van der Waals surface area contributed by atoms with Crippen LogP contribution in [0.15, 0.2) is 16.9 Å². The molecule has 2 heterocycles. The summed E-state index contributed by atoms with van der Waals surface area (Å²) in [5.41, 5.74) is 2.87. The topological polar surface area (TPSA) is 89.2 Å². The van der Waals surface area contributed by atoms with Gasteiger partial charge < -0.3 is 0 Å². The van der Waals surface area contributed by atoms with Gasteiger partial charge in [0.25, 0.3) is 0 Å². The van der Waals surface area contributed by atoms with Gasteiger partial charge in [-0.1, -0.05) is 34.6 Å². The van der Waals surface area contributed by atoms with Crippen LogP contribution in [0.3, 0.4) is 0 Å². The second kappa shape index (κ2) is 8.55. The summed E-state index contributed by atoms with van der Waals surface area (Å²) in [7, 11) is 1.80. The highest BCUT2D eigenvalue weighted by molar-refractivity contribution is 7.77. The maximum atomic E-state index is 12.8. The minimum absolute atomic E-state index is 0.00519. The van der Waals surface area contributed by atoms with Gasteiger partial charge in [0, 0.05) is 31.7 Å². The van der Waals surface area contributed by atoms with Crippen LogP contribution in [0, 0.1) is 16.7 Å². The molecule has 0 bridgehead atoms. The van der Waals surface area contributed by atoms with Crippen LogP contribution in [0.2, 0.25) is 0 Å². The standard InChI is InChI=1S/C22H36N4O3S/c1-21(2,3)14-26-18-8-7-17(24-19(18)25(6)20(26)27)15-9-11-22(4,5)16(13-15)10-12-23-30(28)29/h7-8,15-16,23H,9-14H2,1-6H3,(H,28,29). The highest BCUT2D eigenvalue weighted by atomic mass is 32.2. The Kier molecular flexibility index (Phi) is 6.60. The Morgan fingerprint density at radius 2 is 2.03 bits per heavy atom. The van der Waals surface area contributed by atoms with Gasteiger partial charge in [-0.3, -0.25) is 13.7 Å². The smallest absolute Gasteiger partial charge is 0.294 e. The number of nitrogens with one attached hydrogen (secondary N) is 1. The number of rotatable bonds is 6. The maximum Gasteiger partial charge on any atom is 0.330 e. The van der Waals surface area contributed by atoms with Gasteiger partial charge in [0.1, 0.15) is 0 Å². The first kappa shape index (κ1) is 23.2. The zero-order chi connectivity index (χ0) is 22.3. The monoisotopic (exact) mass is 436 g/mol. The fraction of sp³-hybridized carbons (Fsp3) is 0.727. The van der Waals surface area contributed by atoms with E-state index in [0.29, 0.717) is 24.9 Å².